The summed E-state index contributed by atoms with van der Waals surface area (Å²) in [5, 5.41) is 0.812. The van der Waals surface area contributed by atoms with Crippen LogP contribution in [-0.4, -0.2) is 11.8 Å². The molecule has 16 heavy (non-hydrogen) atoms. The van der Waals surface area contributed by atoms with Gasteiger partial charge >= 0.3 is 0 Å². The van der Waals surface area contributed by atoms with Crippen molar-refractivity contribution in [3.63, 3.8) is 0 Å². The van der Waals surface area contributed by atoms with Gasteiger partial charge in [-0.05, 0) is 43.2 Å². The molecule has 1 rings (SSSR count). The summed E-state index contributed by atoms with van der Waals surface area (Å²) < 4.78 is 0. The predicted molar refractivity (Wildman–Crippen MR) is 74.4 cm³/mol. The summed E-state index contributed by atoms with van der Waals surface area (Å²) in [5.74, 6) is 1.16. The Hall–Kier alpha value is -0.180. The van der Waals surface area contributed by atoms with E-state index < -0.39 is 0 Å². The quantitative estimate of drug-likeness (QED) is 0.613. The van der Waals surface area contributed by atoms with Crippen LogP contribution in [0.15, 0.2) is 23.1 Å². The molecule has 1 atom stereocenters. The summed E-state index contributed by atoms with van der Waals surface area (Å²) in [7, 11) is 0. The molecule has 90 valence electrons. The topological polar surface area (TPSA) is 26.0 Å². The van der Waals surface area contributed by atoms with E-state index in [1.54, 1.807) is 0 Å². The summed E-state index contributed by atoms with van der Waals surface area (Å²) in [6.45, 7) is 4.25. The van der Waals surface area contributed by atoms with Crippen LogP contribution in [0.4, 0.5) is 0 Å². The smallest absolute Gasteiger partial charge is 0.0417 e. The largest absolute Gasteiger partial charge is 0.328 e. The van der Waals surface area contributed by atoms with Gasteiger partial charge in [-0.15, -0.1) is 11.8 Å². The van der Waals surface area contributed by atoms with Gasteiger partial charge in [0.15, 0.2) is 0 Å². The molecular weight excluding hydrogens is 238 g/mol. The number of nitrogens with two attached hydrogens (primary N) is 1. The summed E-state index contributed by atoms with van der Waals surface area (Å²) in [6.07, 6.45) is 3.40. The standard InChI is InChI=1S/C13H20ClNS/c1-3-4-7-16-13-9-12(14)6-5-11(13)8-10(2)15/h5-6,9-10H,3-4,7-8,15H2,1-2H3. The van der Waals surface area contributed by atoms with Crippen LogP contribution in [-0.2, 0) is 6.42 Å². The summed E-state index contributed by atoms with van der Waals surface area (Å²) in [6, 6.07) is 6.30. The number of unbranched alkanes of at least 4 members (excludes halogenated alkanes) is 1. The van der Waals surface area contributed by atoms with Crippen LogP contribution in [0, 0.1) is 0 Å². The van der Waals surface area contributed by atoms with Gasteiger partial charge in [0.2, 0.25) is 0 Å². The van der Waals surface area contributed by atoms with Gasteiger partial charge < -0.3 is 5.73 Å². The number of halogens is 1. The zero-order chi connectivity index (χ0) is 12.0. The minimum absolute atomic E-state index is 0.201. The first kappa shape index (κ1) is 13.9. The molecule has 0 aromatic heterocycles. The third-order valence-electron chi connectivity index (χ3n) is 2.33. The van der Waals surface area contributed by atoms with E-state index in [1.807, 2.05) is 24.8 Å². The van der Waals surface area contributed by atoms with Crippen molar-refractivity contribution in [1.29, 1.82) is 0 Å². The lowest BCUT2D eigenvalue weighted by molar-refractivity contribution is 0.729. The van der Waals surface area contributed by atoms with Crippen LogP contribution >= 0.6 is 23.4 Å². The molecule has 0 aliphatic heterocycles. The fraction of sp³-hybridized carbons (Fsp3) is 0.538. The third kappa shape index (κ3) is 4.77. The highest BCUT2D eigenvalue weighted by atomic mass is 35.5. The second kappa shape index (κ2) is 7.21. The minimum Gasteiger partial charge on any atom is -0.328 e. The molecule has 3 heteroatoms. The van der Waals surface area contributed by atoms with Crippen LogP contribution in [0.3, 0.4) is 0 Å². The second-order valence-corrected chi connectivity index (χ2v) is 5.71. The van der Waals surface area contributed by atoms with Gasteiger partial charge in [-0.2, -0.15) is 0 Å². The zero-order valence-electron chi connectivity index (χ0n) is 10.0. The van der Waals surface area contributed by atoms with E-state index in [1.165, 1.54) is 23.3 Å². The third-order valence-corrected chi connectivity index (χ3v) is 3.75. The Kier molecular flexibility index (Phi) is 6.25. The molecule has 0 spiro atoms. The van der Waals surface area contributed by atoms with Gasteiger partial charge in [0, 0.05) is 16.0 Å². The van der Waals surface area contributed by atoms with Crippen LogP contribution in [0.25, 0.3) is 0 Å². The average Bonchev–Trinajstić information content (AvgIpc) is 2.22. The first-order valence-corrected chi connectivity index (χ1v) is 7.16. The van der Waals surface area contributed by atoms with Crippen LogP contribution in [0.2, 0.25) is 5.02 Å². The molecular formula is C13H20ClNS. The van der Waals surface area contributed by atoms with Gasteiger partial charge in [-0.25, -0.2) is 0 Å². The number of rotatable bonds is 6. The summed E-state index contributed by atoms with van der Waals surface area (Å²) >= 11 is 7.91. The normalized spacial score (nSPS) is 12.8. The van der Waals surface area contributed by atoms with E-state index in [9.17, 15) is 0 Å². The van der Waals surface area contributed by atoms with Crippen molar-refractivity contribution in [3.8, 4) is 0 Å². The number of hydrogen-bond acceptors (Lipinski definition) is 2. The predicted octanol–water partition coefficient (Wildman–Crippen LogP) is 4.12. The maximum Gasteiger partial charge on any atom is 0.0417 e. The van der Waals surface area contributed by atoms with Gasteiger partial charge in [0.05, 0.1) is 0 Å². The maximum absolute atomic E-state index is 6.02. The van der Waals surface area contributed by atoms with E-state index >= 15 is 0 Å². The molecule has 2 N–H and O–H groups in total. The lowest BCUT2D eigenvalue weighted by Crippen LogP contribution is -2.18. The highest BCUT2D eigenvalue weighted by Crippen LogP contribution is 2.27. The summed E-state index contributed by atoms with van der Waals surface area (Å²) in [5.41, 5.74) is 7.16. The van der Waals surface area contributed by atoms with E-state index in [2.05, 4.69) is 19.1 Å². The van der Waals surface area contributed by atoms with E-state index in [-0.39, 0.29) is 6.04 Å². The fourth-order valence-electron chi connectivity index (χ4n) is 1.50. The molecule has 0 bridgehead atoms. The molecule has 0 amide bonds. The molecule has 0 fully saturated rings. The lowest BCUT2D eigenvalue weighted by Gasteiger charge is -2.11. The van der Waals surface area contributed by atoms with E-state index in [0.717, 1.165) is 17.2 Å². The maximum atomic E-state index is 6.02. The van der Waals surface area contributed by atoms with Gasteiger partial charge in [0.1, 0.15) is 0 Å². The monoisotopic (exact) mass is 257 g/mol. The van der Waals surface area contributed by atoms with Crippen molar-refractivity contribution in [2.45, 2.75) is 44.0 Å². The van der Waals surface area contributed by atoms with E-state index in [4.69, 9.17) is 17.3 Å². The molecule has 0 saturated heterocycles. The van der Waals surface area contributed by atoms with Crippen LogP contribution < -0.4 is 5.73 Å². The number of hydrogen-bond donors (Lipinski definition) is 1. The Morgan fingerprint density at radius 2 is 2.19 bits per heavy atom. The first-order valence-electron chi connectivity index (χ1n) is 5.80. The summed E-state index contributed by atoms with van der Waals surface area (Å²) in [4.78, 5) is 1.29. The van der Waals surface area contributed by atoms with Crippen molar-refractivity contribution in [3.05, 3.63) is 28.8 Å². The van der Waals surface area contributed by atoms with Gasteiger partial charge in [-0.1, -0.05) is 31.0 Å². The fourth-order valence-corrected chi connectivity index (χ4v) is 2.94. The first-order chi connectivity index (χ1) is 7.63. The Morgan fingerprint density at radius 3 is 2.81 bits per heavy atom. The zero-order valence-corrected chi connectivity index (χ0v) is 11.6. The van der Waals surface area contributed by atoms with Crippen molar-refractivity contribution >= 4 is 23.4 Å². The molecule has 0 aliphatic carbocycles. The Labute approximate surface area is 108 Å². The van der Waals surface area contributed by atoms with Crippen molar-refractivity contribution in [1.82, 2.24) is 0 Å². The average molecular weight is 258 g/mol. The molecule has 1 unspecified atom stereocenters. The van der Waals surface area contributed by atoms with Crippen LogP contribution in [0.1, 0.15) is 32.3 Å². The SMILES string of the molecule is CCCCSc1cc(Cl)ccc1CC(C)N. The molecule has 1 aromatic carbocycles. The van der Waals surface area contributed by atoms with Crippen LogP contribution in [0.5, 0.6) is 0 Å². The molecule has 0 radical (unpaired) electrons. The van der Waals surface area contributed by atoms with Crippen molar-refractivity contribution in [2.24, 2.45) is 5.73 Å². The highest BCUT2D eigenvalue weighted by molar-refractivity contribution is 7.99. The lowest BCUT2D eigenvalue weighted by atomic mass is 10.1. The van der Waals surface area contributed by atoms with Crippen molar-refractivity contribution in [2.75, 3.05) is 5.75 Å². The van der Waals surface area contributed by atoms with Crippen molar-refractivity contribution < 1.29 is 0 Å². The Bertz CT molecular complexity index is 326. The minimum atomic E-state index is 0.201. The number of benzene rings is 1. The highest BCUT2D eigenvalue weighted by Gasteiger charge is 2.06. The van der Waals surface area contributed by atoms with Gasteiger partial charge in [-0.3, -0.25) is 0 Å². The molecule has 0 heterocycles. The second-order valence-electron chi connectivity index (χ2n) is 4.14. The molecule has 0 saturated carbocycles. The number of thioether (sulfide) groups is 1. The molecule has 1 aromatic rings. The Balaban J connectivity index is 2.73. The van der Waals surface area contributed by atoms with E-state index in [0.29, 0.717) is 0 Å². The van der Waals surface area contributed by atoms with Gasteiger partial charge in [0.25, 0.3) is 0 Å². The molecule has 0 aliphatic rings. The molecule has 1 nitrogen and oxygen atoms in total. The Morgan fingerprint density at radius 1 is 1.44 bits per heavy atom.